The van der Waals surface area contributed by atoms with Crippen LogP contribution in [0.5, 0.6) is 0 Å². The quantitative estimate of drug-likeness (QED) is 0.148. The number of primary amides is 2. The minimum absolute atomic E-state index is 0.0552. The van der Waals surface area contributed by atoms with E-state index in [1.54, 1.807) is 30.3 Å². The molecule has 0 saturated heterocycles. The van der Waals surface area contributed by atoms with Crippen molar-refractivity contribution in [3.8, 4) is 0 Å². The van der Waals surface area contributed by atoms with Gasteiger partial charge < -0.3 is 38.3 Å². The average Bonchev–Trinajstić information content (AvgIpc) is 2.74. The molecule has 1 aromatic carbocycles. The third-order valence-electron chi connectivity index (χ3n) is 4.41. The summed E-state index contributed by atoms with van der Waals surface area (Å²) in [6.07, 6.45) is -0.829. The van der Waals surface area contributed by atoms with Crippen LogP contribution in [0.2, 0.25) is 0 Å². The van der Waals surface area contributed by atoms with E-state index in [0.29, 0.717) is 5.56 Å². The Kier molecular flexibility index (Phi) is 11.0. The fourth-order valence-electron chi connectivity index (χ4n) is 2.73. The monoisotopic (exact) mass is 464 g/mol. The molecule has 0 aliphatic rings. The van der Waals surface area contributed by atoms with Crippen molar-refractivity contribution in [1.82, 2.24) is 16.0 Å². The van der Waals surface area contributed by atoms with Crippen LogP contribution in [0, 0.1) is 0 Å². The van der Waals surface area contributed by atoms with Crippen molar-refractivity contribution in [2.45, 2.75) is 43.8 Å². The van der Waals surface area contributed by atoms with E-state index < -0.39 is 66.6 Å². The van der Waals surface area contributed by atoms with Crippen LogP contribution < -0.4 is 33.2 Å². The first-order chi connectivity index (χ1) is 15.5. The van der Waals surface area contributed by atoms with Crippen LogP contribution in [0.1, 0.15) is 24.8 Å². The Morgan fingerprint density at radius 3 is 2.06 bits per heavy atom. The van der Waals surface area contributed by atoms with Gasteiger partial charge in [0, 0.05) is 12.8 Å². The molecular formula is C20H28N6O7. The standard InChI is InChI=1S/C20H28N6O7/c21-12(9-16(23)28)18(30)26-14(8-11-4-2-1-3-5-11)19(31)24-10-17(29)25-13(20(32)33)6-7-15(22)27/h1-5,12-14H,6-10,21H2,(H2,22,27)(H2,23,28)(H,24,31)(H,25,29)(H,26,30)(H,32,33). The number of carbonyl (C=O) groups excluding carboxylic acids is 5. The fraction of sp³-hybridized carbons (Fsp3) is 0.400. The number of carboxylic acid groups (broad SMARTS) is 1. The number of amides is 5. The number of carboxylic acids is 1. The first-order valence-electron chi connectivity index (χ1n) is 9.96. The van der Waals surface area contributed by atoms with Gasteiger partial charge in [-0.05, 0) is 12.0 Å². The molecule has 0 saturated carbocycles. The Labute approximate surface area is 189 Å². The summed E-state index contributed by atoms with van der Waals surface area (Å²) in [4.78, 5) is 70.0. The van der Waals surface area contributed by atoms with Gasteiger partial charge >= 0.3 is 5.97 Å². The predicted octanol–water partition coefficient (Wildman–Crippen LogP) is -3.13. The molecule has 3 atom stereocenters. The second kappa shape index (κ2) is 13.4. The Bertz CT molecular complexity index is 877. The molecule has 1 rings (SSSR count). The van der Waals surface area contributed by atoms with E-state index in [-0.39, 0.29) is 19.3 Å². The summed E-state index contributed by atoms with van der Waals surface area (Å²) in [6, 6.07) is 4.90. The molecule has 180 valence electrons. The van der Waals surface area contributed by atoms with Gasteiger partial charge in [-0.25, -0.2) is 4.79 Å². The van der Waals surface area contributed by atoms with Crippen LogP contribution in [0.15, 0.2) is 30.3 Å². The second-order valence-corrected chi connectivity index (χ2v) is 7.21. The Balaban J connectivity index is 2.78. The van der Waals surface area contributed by atoms with Crippen LogP contribution in [-0.2, 0) is 35.2 Å². The van der Waals surface area contributed by atoms with Crippen LogP contribution in [0.4, 0.5) is 0 Å². The number of carbonyl (C=O) groups is 6. The van der Waals surface area contributed by atoms with Gasteiger partial charge in [-0.15, -0.1) is 0 Å². The molecule has 0 heterocycles. The highest BCUT2D eigenvalue weighted by Crippen LogP contribution is 2.04. The summed E-state index contributed by atoms with van der Waals surface area (Å²) >= 11 is 0. The molecule has 0 bridgehead atoms. The van der Waals surface area contributed by atoms with Crippen LogP contribution in [-0.4, -0.2) is 65.3 Å². The van der Waals surface area contributed by atoms with Gasteiger partial charge in [-0.3, -0.25) is 24.0 Å². The number of nitrogens with one attached hydrogen (secondary N) is 3. The van der Waals surface area contributed by atoms with Crippen molar-refractivity contribution in [3.05, 3.63) is 35.9 Å². The number of nitrogens with two attached hydrogens (primary N) is 3. The second-order valence-electron chi connectivity index (χ2n) is 7.21. The number of rotatable bonds is 14. The van der Waals surface area contributed by atoms with E-state index in [1.807, 2.05) is 0 Å². The summed E-state index contributed by atoms with van der Waals surface area (Å²) in [5.74, 6) is -5.23. The van der Waals surface area contributed by atoms with Crippen molar-refractivity contribution in [3.63, 3.8) is 0 Å². The molecule has 33 heavy (non-hydrogen) atoms. The van der Waals surface area contributed by atoms with Crippen molar-refractivity contribution in [2.75, 3.05) is 6.54 Å². The average molecular weight is 464 g/mol. The number of aliphatic carboxylic acids is 1. The largest absolute Gasteiger partial charge is 0.480 e. The van der Waals surface area contributed by atoms with Crippen LogP contribution in [0.3, 0.4) is 0 Å². The van der Waals surface area contributed by atoms with E-state index in [4.69, 9.17) is 22.3 Å². The Morgan fingerprint density at radius 2 is 1.52 bits per heavy atom. The topological polar surface area (TPSA) is 237 Å². The van der Waals surface area contributed by atoms with Crippen LogP contribution in [0.25, 0.3) is 0 Å². The molecule has 0 spiro atoms. The minimum Gasteiger partial charge on any atom is -0.480 e. The van der Waals surface area contributed by atoms with Gasteiger partial charge in [-0.1, -0.05) is 30.3 Å². The lowest BCUT2D eigenvalue weighted by Crippen LogP contribution is -2.54. The predicted molar refractivity (Wildman–Crippen MR) is 115 cm³/mol. The third-order valence-corrected chi connectivity index (χ3v) is 4.41. The highest BCUT2D eigenvalue weighted by atomic mass is 16.4. The van der Waals surface area contributed by atoms with Crippen molar-refractivity contribution >= 4 is 35.5 Å². The molecule has 0 aliphatic heterocycles. The first-order valence-corrected chi connectivity index (χ1v) is 9.96. The maximum atomic E-state index is 12.7. The lowest BCUT2D eigenvalue weighted by molar-refractivity contribution is -0.142. The van der Waals surface area contributed by atoms with Gasteiger partial charge in [-0.2, -0.15) is 0 Å². The van der Waals surface area contributed by atoms with Gasteiger partial charge in [0.1, 0.15) is 12.1 Å². The molecule has 0 aromatic heterocycles. The summed E-state index contributed by atoms with van der Waals surface area (Å²) in [5, 5.41) is 16.0. The number of benzene rings is 1. The molecule has 13 nitrogen and oxygen atoms in total. The normalized spacial score (nSPS) is 13.1. The molecule has 1 aromatic rings. The summed E-state index contributed by atoms with van der Waals surface area (Å²) in [6.45, 7) is -0.590. The summed E-state index contributed by atoms with van der Waals surface area (Å²) < 4.78 is 0. The van der Waals surface area contributed by atoms with Crippen molar-refractivity contribution in [1.29, 1.82) is 0 Å². The zero-order valence-electron chi connectivity index (χ0n) is 17.8. The lowest BCUT2D eigenvalue weighted by Gasteiger charge is -2.21. The molecule has 0 aliphatic carbocycles. The summed E-state index contributed by atoms with van der Waals surface area (Å²) in [7, 11) is 0. The maximum absolute atomic E-state index is 12.7. The van der Waals surface area contributed by atoms with E-state index in [1.165, 1.54) is 0 Å². The zero-order chi connectivity index (χ0) is 25.0. The Hall–Kier alpha value is -4.00. The number of hydrogen-bond acceptors (Lipinski definition) is 7. The molecule has 10 N–H and O–H groups in total. The van der Waals surface area contributed by atoms with Crippen LogP contribution >= 0.6 is 0 Å². The smallest absolute Gasteiger partial charge is 0.326 e. The minimum atomic E-state index is -1.37. The van der Waals surface area contributed by atoms with E-state index >= 15 is 0 Å². The first kappa shape index (κ1) is 27.0. The molecule has 13 heteroatoms. The van der Waals surface area contributed by atoms with Gasteiger partial charge in [0.2, 0.25) is 29.5 Å². The van der Waals surface area contributed by atoms with Crippen molar-refractivity contribution < 1.29 is 33.9 Å². The molecule has 0 fully saturated rings. The van der Waals surface area contributed by atoms with Gasteiger partial charge in [0.15, 0.2) is 0 Å². The van der Waals surface area contributed by atoms with E-state index in [9.17, 15) is 28.8 Å². The van der Waals surface area contributed by atoms with Crippen molar-refractivity contribution in [2.24, 2.45) is 17.2 Å². The van der Waals surface area contributed by atoms with E-state index in [0.717, 1.165) is 0 Å². The summed E-state index contributed by atoms with van der Waals surface area (Å²) in [5.41, 5.74) is 16.3. The molecule has 0 radical (unpaired) electrons. The molecular weight excluding hydrogens is 436 g/mol. The highest BCUT2D eigenvalue weighted by Gasteiger charge is 2.26. The highest BCUT2D eigenvalue weighted by molar-refractivity contribution is 5.94. The Morgan fingerprint density at radius 1 is 0.879 bits per heavy atom. The fourth-order valence-corrected chi connectivity index (χ4v) is 2.73. The third kappa shape index (κ3) is 10.7. The van der Waals surface area contributed by atoms with Gasteiger partial charge in [0.05, 0.1) is 19.0 Å². The molecule has 5 amide bonds. The SMILES string of the molecule is NC(=O)CCC(NC(=O)CNC(=O)C(Cc1ccccc1)NC(=O)C(N)CC(N)=O)C(=O)O. The molecule has 3 unspecified atom stereocenters. The van der Waals surface area contributed by atoms with E-state index in [2.05, 4.69) is 16.0 Å². The van der Waals surface area contributed by atoms with Gasteiger partial charge in [0.25, 0.3) is 0 Å². The lowest BCUT2D eigenvalue weighted by atomic mass is 10.0. The number of hydrogen-bond donors (Lipinski definition) is 7. The maximum Gasteiger partial charge on any atom is 0.326 e. The zero-order valence-corrected chi connectivity index (χ0v) is 17.8.